The number of benzene rings is 3. The SMILES string of the molecule is CC(NC(=O)c1ccc(C(=O)Nc2ccc(C#N)cc2)cc1)c1ccccc1. The van der Waals surface area contributed by atoms with Crippen LogP contribution < -0.4 is 10.6 Å². The van der Waals surface area contributed by atoms with Gasteiger partial charge >= 0.3 is 0 Å². The normalized spacial score (nSPS) is 11.1. The van der Waals surface area contributed by atoms with Crippen molar-refractivity contribution >= 4 is 17.5 Å². The molecule has 5 nitrogen and oxygen atoms in total. The first-order valence-corrected chi connectivity index (χ1v) is 8.84. The van der Waals surface area contributed by atoms with Crippen molar-refractivity contribution < 1.29 is 9.59 Å². The van der Waals surface area contributed by atoms with Gasteiger partial charge in [0, 0.05) is 16.8 Å². The highest BCUT2D eigenvalue weighted by Gasteiger charge is 2.12. The van der Waals surface area contributed by atoms with Gasteiger partial charge in [-0.2, -0.15) is 5.26 Å². The topological polar surface area (TPSA) is 82.0 Å². The standard InChI is InChI=1S/C23H19N3O2/c1-16(18-5-3-2-4-6-18)25-22(27)19-9-11-20(12-10-19)23(28)26-21-13-7-17(15-24)8-14-21/h2-14,16H,1H3,(H,25,27)(H,26,28). The highest BCUT2D eigenvalue weighted by Crippen LogP contribution is 2.14. The number of rotatable bonds is 5. The minimum absolute atomic E-state index is 0.118. The molecule has 3 aromatic rings. The summed E-state index contributed by atoms with van der Waals surface area (Å²) in [5.74, 6) is -0.482. The Labute approximate surface area is 163 Å². The zero-order valence-corrected chi connectivity index (χ0v) is 15.3. The van der Waals surface area contributed by atoms with E-state index in [9.17, 15) is 9.59 Å². The molecule has 3 rings (SSSR count). The summed E-state index contributed by atoms with van der Waals surface area (Å²) in [6, 6.07) is 24.7. The lowest BCUT2D eigenvalue weighted by Gasteiger charge is -2.14. The van der Waals surface area contributed by atoms with Crippen LogP contribution in [-0.2, 0) is 0 Å². The molecule has 0 aromatic heterocycles. The van der Waals surface area contributed by atoms with Gasteiger partial charge < -0.3 is 10.6 Å². The molecule has 0 bridgehead atoms. The summed E-state index contributed by atoms with van der Waals surface area (Å²) >= 11 is 0. The predicted octanol–water partition coefficient (Wildman–Crippen LogP) is 4.30. The molecule has 5 heteroatoms. The number of nitrogens with zero attached hydrogens (tertiary/aromatic N) is 1. The Bertz CT molecular complexity index is 1000. The lowest BCUT2D eigenvalue weighted by Crippen LogP contribution is -2.26. The van der Waals surface area contributed by atoms with Gasteiger partial charge in [0.25, 0.3) is 11.8 Å². The van der Waals surface area contributed by atoms with Crippen LogP contribution in [0.1, 0.15) is 44.8 Å². The fraction of sp³-hybridized carbons (Fsp3) is 0.0870. The van der Waals surface area contributed by atoms with E-state index in [-0.39, 0.29) is 17.9 Å². The van der Waals surface area contributed by atoms with E-state index >= 15 is 0 Å². The summed E-state index contributed by atoms with van der Waals surface area (Å²) in [7, 11) is 0. The van der Waals surface area contributed by atoms with E-state index in [0.717, 1.165) is 5.56 Å². The molecule has 1 atom stereocenters. The summed E-state index contributed by atoms with van der Waals surface area (Å²) in [6.07, 6.45) is 0. The van der Waals surface area contributed by atoms with Crippen molar-refractivity contribution in [2.45, 2.75) is 13.0 Å². The van der Waals surface area contributed by atoms with E-state index < -0.39 is 0 Å². The Balaban J connectivity index is 1.62. The molecule has 0 aliphatic rings. The maximum Gasteiger partial charge on any atom is 0.255 e. The fourth-order valence-electron chi connectivity index (χ4n) is 2.71. The molecule has 138 valence electrons. The Morgan fingerprint density at radius 2 is 1.39 bits per heavy atom. The fourth-order valence-corrected chi connectivity index (χ4v) is 2.71. The molecule has 0 saturated carbocycles. The Kier molecular flexibility index (Phi) is 5.83. The minimum Gasteiger partial charge on any atom is -0.346 e. The highest BCUT2D eigenvalue weighted by atomic mass is 16.2. The Morgan fingerprint density at radius 1 is 0.821 bits per heavy atom. The van der Waals surface area contributed by atoms with Crippen molar-refractivity contribution in [2.24, 2.45) is 0 Å². The molecule has 0 spiro atoms. The first-order chi connectivity index (χ1) is 13.6. The van der Waals surface area contributed by atoms with Gasteiger partial charge in [-0.25, -0.2) is 0 Å². The molecule has 0 heterocycles. The van der Waals surface area contributed by atoms with Crippen LogP contribution >= 0.6 is 0 Å². The van der Waals surface area contributed by atoms with Gasteiger partial charge in [0.2, 0.25) is 0 Å². The van der Waals surface area contributed by atoms with Crippen LogP contribution in [0.4, 0.5) is 5.69 Å². The smallest absolute Gasteiger partial charge is 0.255 e. The lowest BCUT2D eigenvalue weighted by molar-refractivity contribution is 0.0938. The van der Waals surface area contributed by atoms with E-state index in [2.05, 4.69) is 10.6 Å². The lowest BCUT2D eigenvalue weighted by atomic mass is 10.1. The van der Waals surface area contributed by atoms with Crippen LogP contribution in [0.5, 0.6) is 0 Å². The monoisotopic (exact) mass is 369 g/mol. The maximum atomic E-state index is 12.4. The van der Waals surface area contributed by atoms with Crippen molar-refractivity contribution in [3.05, 3.63) is 101 Å². The third-order valence-electron chi connectivity index (χ3n) is 4.33. The number of hydrogen-bond donors (Lipinski definition) is 2. The molecule has 2 amide bonds. The van der Waals surface area contributed by atoms with Crippen LogP contribution in [0.3, 0.4) is 0 Å². The number of nitriles is 1. The van der Waals surface area contributed by atoms with Crippen LogP contribution in [-0.4, -0.2) is 11.8 Å². The second-order valence-electron chi connectivity index (χ2n) is 6.33. The quantitative estimate of drug-likeness (QED) is 0.703. The molecular weight excluding hydrogens is 350 g/mol. The Hall–Kier alpha value is -3.91. The van der Waals surface area contributed by atoms with Crippen LogP contribution in [0.2, 0.25) is 0 Å². The highest BCUT2D eigenvalue weighted by molar-refractivity contribution is 6.05. The average Bonchev–Trinajstić information content (AvgIpc) is 2.75. The van der Waals surface area contributed by atoms with E-state index in [1.54, 1.807) is 48.5 Å². The van der Waals surface area contributed by atoms with Crippen LogP contribution in [0.15, 0.2) is 78.9 Å². The second kappa shape index (κ2) is 8.65. The molecule has 28 heavy (non-hydrogen) atoms. The first-order valence-electron chi connectivity index (χ1n) is 8.84. The second-order valence-corrected chi connectivity index (χ2v) is 6.33. The first kappa shape index (κ1) is 18.9. The summed E-state index contributed by atoms with van der Waals surface area (Å²) < 4.78 is 0. The molecule has 3 aromatic carbocycles. The molecule has 0 aliphatic heterocycles. The predicted molar refractivity (Wildman–Crippen MR) is 108 cm³/mol. The van der Waals surface area contributed by atoms with Crippen molar-refractivity contribution in [2.75, 3.05) is 5.32 Å². The molecule has 2 N–H and O–H groups in total. The third-order valence-corrected chi connectivity index (χ3v) is 4.33. The van der Waals surface area contributed by atoms with E-state index in [0.29, 0.717) is 22.4 Å². The third kappa shape index (κ3) is 4.63. The molecule has 0 fully saturated rings. The van der Waals surface area contributed by atoms with Crippen molar-refractivity contribution in [1.82, 2.24) is 5.32 Å². The van der Waals surface area contributed by atoms with Crippen LogP contribution in [0.25, 0.3) is 0 Å². The van der Waals surface area contributed by atoms with Crippen molar-refractivity contribution in [3.63, 3.8) is 0 Å². The van der Waals surface area contributed by atoms with E-state index in [4.69, 9.17) is 5.26 Å². The molecular formula is C23H19N3O2. The minimum atomic E-state index is -0.283. The van der Waals surface area contributed by atoms with E-state index in [1.165, 1.54) is 0 Å². The molecule has 0 aliphatic carbocycles. The van der Waals surface area contributed by atoms with Gasteiger partial charge in [-0.1, -0.05) is 30.3 Å². The summed E-state index contributed by atoms with van der Waals surface area (Å²) in [4.78, 5) is 24.8. The zero-order chi connectivity index (χ0) is 19.9. The van der Waals surface area contributed by atoms with Crippen molar-refractivity contribution in [3.8, 4) is 6.07 Å². The number of amides is 2. The number of hydrogen-bond acceptors (Lipinski definition) is 3. The van der Waals surface area contributed by atoms with Gasteiger partial charge in [-0.05, 0) is 61.0 Å². The molecule has 1 unspecified atom stereocenters. The zero-order valence-electron chi connectivity index (χ0n) is 15.3. The largest absolute Gasteiger partial charge is 0.346 e. The summed E-state index contributed by atoms with van der Waals surface area (Å²) in [5, 5.41) is 14.5. The van der Waals surface area contributed by atoms with Crippen LogP contribution in [0, 0.1) is 11.3 Å². The van der Waals surface area contributed by atoms with Gasteiger partial charge in [0.15, 0.2) is 0 Å². The Morgan fingerprint density at radius 3 is 1.96 bits per heavy atom. The van der Waals surface area contributed by atoms with Gasteiger partial charge in [0.05, 0.1) is 17.7 Å². The number of carbonyl (C=O) groups is 2. The number of nitrogens with one attached hydrogen (secondary N) is 2. The van der Waals surface area contributed by atoms with Crippen molar-refractivity contribution in [1.29, 1.82) is 5.26 Å². The van der Waals surface area contributed by atoms with Gasteiger partial charge in [0.1, 0.15) is 0 Å². The molecule has 0 saturated heterocycles. The van der Waals surface area contributed by atoms with Gasteiger partial charge in [-0.15, -0.1) is 0 Å². The molecule has 0 radical (unpaired) electrons. The van der Waals surface area contributed by atoms with E-state index in [1.807, 2.05) is 43.3 Å². The average molecular weight is 369 g/mol. The van der Waals surface area contributed by atoms with Gasteiger partial charge in [-0.3, -0.25) is 9.59 Å². The number of anilines is 1. The summed E-state index contributed by atoms with van der Waals surface area (Å²) in [6.45, 7) is 1.92. The summed E-state index contributed by atoms with van der Waals surface area (Å²) in [5.41, 5.74) is 3.07. The maximum absolute atomic E-state index is 12.4. The number of carbonyl (C=O) groups excluding carboxylic acids is 2.